The number of unbranched alkanes of at least 4 members (excludes halogenated alkanes) is 5. The Bertz CT molecular complexity index is 1170. The topological polar surface area (TPSA) is 81.2 Å². The number of hydrogen-bond acceptors (Lipinski definition) is 5. The van der Waals surface area contributed by atoms with Crippen LogP contribution in [-0.2, 0) is 20.9 Å². The van der Waals surface area contributed by atoms with Crippen molar-refractivity contribution in [3.8, 4) is 0 Å². The summed E-state index contributed by atoms with van der Waals surface area (Å²) >= 11 is 1.66. The second-order valence-electron chi connectivity index (χ2n) is 12.2. The van der Waals surface area contributed by atoms with Crippen molar-refractivity contribution < 1.29 is 19.5 Å². The van der Waals surface area contributed by atoms with E-state index in [9.17, 15) is 19.5 Å². The van der Waals surface area contributed by atoms with Gasteiger partial charge in [-0.2, -0.15) is 0 Å². The zero-order valence-electron chi connectivity index (χ0n) is 24.5. The molecule has 222 valence electrons. The molecule has 4 aliphatic rings. The summed E-state index contributed by atoms with van der Waals surface area (Å²) in [5.41, 5.74) is 1.06. The fraction of sp³-hybridized carbons (Fsp3) is 0.606. The smallest absolute Gasteiger partial charge is 0.247 e. The molecule has 41 heavy (non-hydrogen) atoms. The van der Waals surface area contributed by atoms with Crippen molar-refractivity contribution in [3.05, 3.63) is 60.2 Å². The van der Waals surface area contributed by atoms with Crippen LogP contribution in [0, 0.1) is 11.8 Å². The summed E-state index contributed by atoms with van der Waals surface area (Å²) < 4.78 is -1.37. The van der Waals surface area contributed by atoms with Crippen molar-refractivity contribution in [2.75, 3.05) is 32.8 Å². The van der Waals surface area contributed by atoms with E-state index < -0.39 is 27.4 Å². The van der Waals surface area contributed by atoms with Gasteiger partial charge in [0.2, 0.25) is 17.7 Å². The minimum Gasteiger partial charge on any atom is -0.396 e. The number of nitrogens with zero attached hydrogens (tertiary/aromatic N) is 3. The average molecular weight is 580 g/mol. The molecule has 4 aliphatic heterocycles. The molecule has 1 N–H and O–H groups in total. The minimum atomic E-state index is -0.784. The van der Waals surface area contributed by atoms with Crippen LogP contribution >= 0.6 is 11.8 Å². The number of rotatable bonds is 12. The Kier molecular flexibility index (Phi) is 9.29. The second-order valence-corrected chi connectivity index (χ2v) is 14.0. The molecule has 0 aromatic heterocycles. The van der Waals surface area contributed by atoms with Crippen LogP contribution < -0.4 is 0 Å². The van der Waals surface area contributed by atoms with E-state index in [1.165, 1.54) is 0 Å². The van der Waals surface area contributed by atoms with E-state index in [1.54, 1.807) is 11.8 Å². The van der Waals surface area contributed by atoms with Gasteiger partial charge in [0.1, 0.15) is 6.04 Å². The molecule has 5 atom stereocenters. The van der Waals surface area contributed by atoms with Gasteiger partial charge in [0.25, 0.3) is 0 Å². The number of carbonyl (C=O) groups excluding carboxylic acids is 3. The lowest BCUT2D eigenvalue weighted by Crippen LogP contribution is -2.53. The number of benzene rings is 1. The van der Waals surface area contributed by atoms with E-state index in [0.717, 1.165) is 50.5 Å². The van der Waals surface area contributed by atoms with Crippen LogP contribution in [0.5, 0.6) is 0 Å². The Balaban J connectivity index is 1.49. The normalized spacial score (nSPS) is 30.9. The van der Waals surface area contributed by atoms with Crippen LogP contribution in [0.1, 0.15) is 64.4 Å². The van der Waals surface area contributed by atoms with Gasteiger partial charge in [-0.15, -0.1) is 11.8 Å². The van der Waals surface area contributed by atoms with Gasteiger partial charge in [0.15, 0.2) is 0 Å². The summed E-state index contributed by atoms with van der Waals surface area (Å²) in [5.74, 6) is -1.19. The zero-order chi connectivity index (χ0) is 29.0. The van der Waals surface area contributed by atoms with Gasteiger partial charge in [-0.1, -0.05) is 87.2 Å². The molecule has 5 rings (SSSR count). The van der Waals surface area contributed by atoms with Crippen molar-refractivity contribution in [1.29, 1.82) is 0 Å². The largest absolute Gasteiger partial charge is 0.396 e. The molecule has 1 spiro atoms. The van der Waals surface area contributed by atoms with E-state index in [-0.39, 0.29) is 24.3 Å². The molecule has 1 aromatic carbocycles. The van der Waals surface area contributed by atoms with Crippen LogP contribution in [0.4, 0.5) is 0 Å². The third-order valence-corrected chi connectivity index (χ3v) is 11.1. The third kappa shape index (κ3) is 5.62. The first kappa shape index (κ1) is 29.9. The lowest BCUT2D eigenvalue weighted by Gasteiger charge is -2.37. The number of aliphatic hydroxyl groups is 1. The van der Waals surface area contributed by atoms with Gasteiger partial charge in [-0.05, 0) is 31.7 Å². The molecule has 0 bridgehead atoms. The van der Waals surface area contributed by atoms with Gasteiger partial charge < -0.3 is 19.8 Å². The fourth-order valence-corrected chi connectivity index (χ4v) is 9.46. The maximum absolute atomic E-state index is 14.5. The van der Waals surface area contributed by atoms with Crippen LogP contribution in [-0.4, -0.2) is 85.8 Å². The Morgan fingerprint density at radius 1 is 0.829 bits per heavy atom. The van der Waals surface area contributed by atoms with Crippen LogP contribution in [0.25, 0.3) is 0 Å². The van der Waals surface area contributed by atoms with Gasteiger partial charge in [0.05, 0.1) is 16.6 Å². The summed E-state index contributed by atoms with van der Waals surface area (Å²) in [5, 5.41) is 9.20. The predicted octanol–water partition coefficient (Wildman–Crippen LogP) is 4.41. The molecule has 7 nitrogen and oxygen atoms in total. The molecular weight excluding hydrogens is 534 g/mol. The quantitative estimate of drug-likeness (QED) is 0.293. The van der Waals surface area contributed by atoms with Gasteiger partial charge in [0, 0.05) is 44.1 Å². The van der Waals surface area contributed by atoms with Gasteiger partial charge in [-0.25, -0.2) is 0 Å². The lowest BCUT2D eigenvalue weighted by molar-refractivity contribution is -0.145. The summed E-state index contributed by atoms with van der Waals surface area (Å²) in [4.78, 5) is 48.9. The number of aliphatic hydroxyl groups excluding tert-OH is 1. The summed E-state index contributed by atoms with van der Waals surface area (Å²) in [6.45, 7) is 7.13. The van der Waals surface area contributed by atoms with Crippen molar-refractivity contribution in [2.45, 2.75) is 80.9 Å². The maximum Gasteiger partial charge on any atom is 0.247 e. The third-order valence-electron chi connectivity index (χ3n) is 9.28. The molecule has 1 unspecified atom stereocenters. The monoisotopic (exact) mass is 579 g/mol. The first-order valence-electron chi connectivity index (χ1n) is 15.4. The minimum absolute atomic E-state index is 0.00229. The first-order chi connectivity index (χ1) is 19.9. The molecule has 8 heteroatoms. The van der Waals surface area contributed by atoms with E-state index in [2.05, 4.69) is 38.2 Å². The molecule has 2 fully saturated rings. The summed E-state index contributed by atoms with van der Waals surface area (Å²) in [6.07, 6.45) is 14.8. The molecule has 0 saturated carbocycles. The van der Waals surface area contributed by atoms with Crippen molar-refractivity contribution in [3.63, 3.8) is 0 Å². The summed E-state index contributed by atoms with van der Waals surface area (Å²) in [7, 11) is 0. The lowest BCUT2D eigenvalue weighted by atomic mass is 9.74. The number of amides is 3. The van der Waals surface area contributed by atoms with E-state index in [0.29, 0.717) is 32.7 Å². The maximum atomic E-state index is 14.5. The Labute approximate surface area is 249 Å². The average Bonchev–Trinajstić information content (AvgIpc) is 3.23. The molecular formula is C33H45N3O4S. The van der Waals surface area contributed by atoms with Gasteiger partial charge >= 0.3 is 0 Å². The molecule has 0 radical (unpaired) electrons. The van der Waals surface area contributed by atoms with E-state index >= 15 is 0 Å². The second kappa shape index (κ2) is 12.7. The molecule has 3 amide bonds. The van der Waals surface area contributed by atoms with E-state index in [1.807, 2.05) is 45.0 Å². The highest BCUT2D eigenvalue weighted by molar-refractivity contribution is 8.02. The SMILES string of the molecule is CCCCCN1CC=C[C@]23S[C@@]4(C)C=CCN(Cc5ccccc5)C(=O)[C@H]4[C@H]2C(=O)N(CCCCCCO)C3C1=O. The highest BCUT2D eigenvalue weighted by Gasteiger charge is 2.73. The van der Waals surface area contributed by atoms with Crippen LogP contribution in [0.15, 0.2) is 54.6 Å². The fourth-order valence-electron chi connectivity index (χ4n) is 7.31. The van der Waals surface area contributed by atoms with Gasteiger partial charge in [-0.3, -0.25) is 14.4 Å². The highest BCUT2D eigenvalue weighted by Crippen LogP contribution is 2.65. The standard InChI is InChI=1S/C33H45N3O4S/c1-3-4-10-19-34-20-14-18-33-27(30(39)36(28(33)31(34)40)22-11-5-6-12-23-37)26-29(38)35(21-13-17-32(26,2)41-33)24-25-15-8-7-9-16-25/h7-9,13-18,26-28,37H,3-6,10-12,19-24H2,1-2H3/t26-,27+,28?,32+,33+/m1/s1. The molecule has 4 heterocycles. The molecule has 0 aliphatic carbocycles. The Hall–Kier alpha value is -2.58. The van der Waals surface area contributed by atoms with Crippen LogP contribution in [0.3, 0.4) is 0 Å². The Morgan fingerprint density at radius 3 is 2.29 bits per heavy atom. The number of fused-ring (bicyclic) bond motifs is 2. The number of hydrogen-bond donors (Lipinski definition) is 1. The van der Waals surface area contributed by atoms with Crippen molar-refractivity contribution >= 4 is 29.5 Å². The molecule has 2 saturated heterocycles. The van der Waals surface area contributed by atoms with Crippen molar-refractivity contribution in [2.24, 2.45) is 11.8 Å². The number of thioether (sulfide) groups is 1. The molecule has 1 aromatic rings. The summed E-state index contributed by atoms with van der Waals surface area (Å²) in [6, 6.07) is 9.38. The predicted molar refractivity (Wildman–Crippen MR) is 163 cm³/mol. The van der Waals surface area contributed by atoms with Crippen molar-refractivity contribution in [1.82, 2.24) is 14.7 Å². The highest BCUT2D eigenvalue weighted by atomic mass is 32.2. The first-order valence-corrected chi connectivity index (χ1v) is 16.3. The van der Waals surface area contributed by atoms with Crippen LogP contribution in [0.2, 0.25) is 0 Å². The Morgan fingerprint density at radius 2 is 1.54 bits per heavy atom. The zero-order valence-corrected chi connectivity index (χ0v) is 25.4. The van der Waals surface area contributed by atoms with E-state index in [4.69, 9.17) is 0 Å². The number of carbonyl (C=O) groups is 3. The number of likely N-dealkylation sites (tertiary alicyclic amines) is 1.